The largest absolute Gasteiger partial charge is 0.341 e. The number of nitrogens with one attached hydrogen (secondary N) is 1. The Bertz CT molecular complexity index is 712. The highest BCUT2D eigenvalue weighted by atomic mass is 19.1. The first kappa shape index (κ1) is 17.7. The smallest absolute Gasteiger partial charge is 0.239 e. The van der Waals surface area contributed by atoms with Gasteiger partial charge in [-0.15, -0.1) is 0 Å². The van der Waals surface area contributed by atoms with Crippen LogP contribution in [0.1, 0.15) is 19.4 Å². The van der Waals surface area contributed by atoms with E-state index in [0.717, 1.165) is 5.56 Å². The average Bonchev–Trinajstić information content (AvgIpc) is 2.57. The topological polar surface area (TPSA) is 49.4 Å². The normalized spacial score (nSPS) is 11.0. The fraction of sp³-hybridized carbons (Fsp3) is 0.263. The maximum absolute atomic E-state index is 12.9. The summed E-state index contributed by atoms with van der Waals surface area (Å²) in [7, 11) is 1.67. The molecule has 0 aromatic heterocycles. The molecule has 0 fully saturated rings. The van der Waals surface area contributed by atoms with Gasteiger partial charge >= 0.3 is 0 Å². The molecule has 2 aromatic carbocycles. The average molecular weight is 328 g/mol. The molecular formula is C19H21FN2O2. The Balaban J connectivity index is 2.05. The summed E-state index contributed by atoms with van der Waals surface area (Å²) in [5, 5.41) is 2.66. The van der Waals surface area contributed by atoms with Gasteiger partial charge in [0.05, 0.1) is 0 Å². The molecule has 2 amide bonds. The molecule has 4 nitrogen and oxygen atoms in total. The number of carbonyl (C=O) groups excluding carboxylic acids is 2. The molecule has 24 heavy (non-hydrogen) atoms. The lowest BCUT2D eigenvalue weighted by molar-refractivity contribution is -0.145. The van der Waals surface area contributed by atoms with Crippen molar-refractivity contribution < 1.29 is 14.0 Å². The zero-order valence-electron chi connectivity index (χ0n) is 14.0. The predicted molar refractivity (Wildman–Crippen MR) is 91.7 cm³/mol. The number of nitrogens with zero attached hydrogens (tertiary/aromatic N) is 1. The van der Waals surface area contributed by atoms with Crippen LogP contribution in [0.3, 0.4) is 0 Å². The van der Waals surface area contributed by atoms with Crippen LogP contribution in [0.2, 0.25) is 0 Å². The van der Waals surface area contributed by atoms with Gasteiger partial charge in [-0.1, -0.05) is 30.3 Å². The quantitative estimate of drug-likeness (QED) is 0.855. The number of amides is 2. The van der Waals surface area contributed by atoms with Crippen LogP contribution in [0.25, 0.3) is 0 Å². The predicted octanol–water partition coefficient (Wildman–Crippen LogP) is 3.45. The summed E-state index contributed by atoms with van der Waals surface area (Å²) in [4.78, 5) is 26.7. The van der Waals surface area contributed by atoms with Crippen molar-refractivity contribution in [2.75, 3.05) is 12.4 Å². The SMILES string of the molecule is CN(Cc1ccccc1)C(=O)C(C)(C)C(=O)Nc1ccc(F)cc1. The number of carbonyl (C=O) groups is 2. The molecule has 0 radical (unpaired) electrons. The first-order valence-electron chi connectivity index (χ1n) is 7.67. The van der Waals surface area contributed by atoms with Crippen molar-refractivity contribution in [3.63, 3.8) is 0 Å². The summed E-state index contributed by atoms with van der Waals surface area (Å²) < 4.78 is 12.9. The minimum absolute atomic E-state index is 0.286. The third kappa shape index (κ3) is 4.19. The van der Waals surface area contributed by atoms with Crippen LogP contribution in [0.4, 0.5) is 10.1 Å². The molecule has 0 aliphatic heterocycles. The Morgan fingerprint density at radius 1 is 1.04 bits per heavy atom. The molecule has 0 aliphatic rings. The van der Waals surface area contributed by atoms with Gasteiger partial charge in [0.15, 0.2) is 0 Å². The van der Waals surface area contributed by atoms with E-state index >= 15 is 0 Å². The molecule has 1 N–H and O–H groups in total. The van der Waals surface area contributed by atoms with Crippen LogP contribution < -0.4 is 5.32 Å². The van der Waals surface area contributed by atoms with Gasteiger partial charge in [-0.2, -0.15) is 0 Å². The minimum atomic E-state index is -1.24. The van der Waals surface area contributed by atoms with Crippen LogP contribution in [0, 0.1) is 11.2 Å². The Labute approximate surface area is 141 Å². The molecule has 2 rings (SSSR count). The van der Waals surface area contributed by atoms with Crippen molar-refractivity contribution >= 4 is 17.5 Å². The lowest BCUT2D eigenvalue weighted by Crippen LogP contribution is -2.45. The summed E-state index contributed by atoms with van der Waals surface area (Å²) in [6, 6.07) is 15.0. The molecule has 0 aliphatic carbocycles. The fourth-order valence-electron chi connectivity index (χ4n) is 2.32. The first-order valence-corrected chi connectivity index (χ1v) is 7.67. The molecular weight excluding hydrogens is 307 g/mol. The number of benzene rings is 2. The zero-order chi connectivity index (χ0) is 17.7. The number of rotatable bonds is 5. The van der Waals surface area contributed by atoms with E-state index in [1.54, 1.807) is 20.9 Å². The first-order chi connectivity index (χ1) is 11.3. The van der Waals surface area contributed by atoms with Crippen molar-refractivity contribution in [3.8, 4) is 0 Å². The van der Waals surface area contributed by atoms with Crippen LogP contribution in [-0.4, -0.2) is 23.8 Å². The van der Waals surface area contributed by atoms with E-state index in [0.29, 0.717) is 12.2 Å². The van der Waals surface area contributed by atoms with E-state index in [1.165, 1.54) is 29.2 Å². The monoisotopic (exact) mass is 328 g/mol. The highest BCUT2D eigenvalue weighted by molar-refractivity contribution is 6.09. The lowest BCUT2D eigenvalue weighted by Gasteiger charge is -2.28. The highest BCUT2D eigenvalue weighted by Gasteiger charge is 2.38. The third-order valence-corrected chi connectivity index (χ3v) is 3.81. The van der Waals surface area contributed by atoms with Crippen LogP contribution in [0.15, 0.2) is 54.6 Å². The summed E-state index contributed by atoms with van der Waals surface area (Å²) in [5.41, 5.74) is 0.203. The number of hydrogen-bond donors (Lipinski definition) is 1. The molecule has 0 bridgehead atoms. The van der Waals surface area contributed by atoms with E-state index in [2.05, 4.69) is 5.32 Å². The van der Waals surface area contributed by atoms with Crippen molar-refractivity contribution in [1.82, 2.24) is 4.90 Å². The second kappa shape index (κ2) is 7.25. The van der Waals surface area contributed by atoms with Gasteiger partial charge in [0.1, 0.15) is 11.2 Å². The maximum Gasteiger partial charge on any atom is 0.239 e. The van der Waals surface area contributed by atoms with Gasteiger partial charge in [0.25, 0.3) is 0 Å². The van der Waals surface area contributed by atoms with Gasteiger partial charge in [0, 0.05) is 19.3 Å². The number of hydrogen-bond acceptors (Lipinski definition) is 2. The van der Waals surface area contributed by atoms with Crippen molar-refractivity contribution in [1.29, 1.82) is 0 Å². The number of halogens is 1. The summed E-state index contributed by atoms with van der Waals surface area (Å²) in [5.74, 6) is -1.10. The van der Waals surface area contributed by atoms with E-state index in [9.17, 15) is 14.0 Å². The molecule has 0 atom stereocenters. The molecule has 2 aromatic rings. The molecule has 0 saturated heterocycles. The van der Waals surface area contributed by atoms with Crippen LogP contribution >= 0.6 is 0 Å². The van der Waals surface area contributed by atoms with E-state index < -0.39 is 11.3 Å². The maximum atomic E-state index is 12.9. The van der Waals surface area contributed by atoms with E-state index in [4.69, 9.17) is 0 Å². The molecule has 126 valence electrons. The molecule has 0 heterocycles. The standard InChI is InChI=1S/C19H21FN2O2/c1-19(2,17(23)21-16-11-9-15(20)10-12-16)18(24)22(3)13-14-7-5-4-6-8-14/h4-12H,13H2,1-3H3,(H,21,23). The van der Waals surface area contributed by atoms with Crippen molar-refractivity contribution in [3.05, 3.63) is 66.0 Å². The van der Waals surface area contributed by atoms with E-state index in [-0.39, 0.29) is 11.7 Å². The minimum Gasteiger partial charge on any atom is -0.341 e. The molecule has 0 unspecified atom stereocenters. The second-order valence-electron chi connectivity index (χ2n) is 6.23. The van der Waals surface area contributed by atoms with Gasteiger partial charge in [-0.05, 0) is 43.7 Å². The van der Waals surface area contributed by atoms with Gasteiger partial charge in [-0.3, -0.25) is 9.59 Å². The Hall–Kier alpha value is -2.69. The third-order valence-electron chi connectivity index (χ3n) is 3.81. The van der Waals surface area contributed by atoms with Crippen molar-refractivity contribution in [2.45, 2.75) is 20.4 Å². The van der Waals surface area contributed by atoms with Crippen molar-refractivity contribution in [2.24, 2.45) is 5.41 Å². The lowest BCUT2D eigenvalue weighted by atomic mass is 9.90. The zero-order valence-corrected chi connectivity index (χ0v) is 14.0. The van der Waals surface area contributed by atoms with Gasteiger partial charge in [0.2, 0.25) is 11.8 Å². The highest BCUT2D eigenvalue weighted by Crippen LogP contribution is 2.22. The molecule has 0 spiro atoms. The van der Waals surface area contributed by atoms with E-state index in [1.807, 2.05) is 30.3 Å². The molecule has 0 saturated carbocycles. The van der Waals surface area contributed by atoms with Gasteiger partial charge in [-0.25, -0.2) is 4.39 Å². The van der Waals surface area contributed by atoms with Crippen LogP contribution in [0.5, 0.6) is 0 Å². The molecule has 5 heteroatoms. The summed E-state index contributed by atoms with van der Waals surface area (Å²) in [6.07, 6.45) is 0. The van der Waals surface area contributed by atoms with Gasteiger partial charge < -0.3 is 10.2 Å². The van der Waals surface area contributed by atoms with Crippen LogP contribution in [-0.2, 0) is 16.1 Å². The number of anilines is 1. The Morgan fingerprint density at radius 3 is 2.21 bits per heavy atom. The Kier molecular flexibility index (Phi) is 5.34. The summed E-state index contributed by atoms with van der Waals surface area (Å²) in [6.45, 7) is 3.58. The Morgan fingerprint density at radius 2 is 1.62 bits per heavy atom. The fourth-order valence-corrected chi connectivity index (χ4v) is 2.32. The summed E-state index contributed by atoms with van der Waals surface area (Å²) >= 11 is 0. The second-order valence-corrected chi connectivity index (χ2v) is 6.23.